The second-order valence-corrected chi connectivity index (χ2v) is 6.23. The van der Waals surface area contributed by atoms with E-state index < -0.39 is 0 Å². The first kappa shape index (κ1) is 14.5. The van der Waals surface area contributed by atoms with Gasteiger partial charge in [0.2, 0.25) is 0 Å². The predicted molar refractivity (Wildman–Crippen MR) is 93.4 cm³/mol. The first-order valence-corrected chi connectivity index (χ1v) is 8.33. The van der Waals surface area contributed by atoms with Crippen molar-refractivity contribution in [2.75, 3.05) is 13.6 Å². The minimum absolute atomic E-state index is 0.503. The summed E-state index contributed by atoms with van der Waals surface area (Å²) in [4.78, 5) is 2.18. The lowest BCUT2D eigenvalue weighted by Gasteiger charge is -2.22. The van der Waals surface area contributed by atoms with E-state index in [4.69, 9.17) is 4.74 Å². The molecule has 0 bridgehead atoms. The van der Waals surface area contributed by atoms with Gasteiger partial charge in [0.05, 0.1) is 15.4 Å². The number of ether oxygens (including phenoxy) is 1. The zero-order chi connectivity index (χ0) is 14.7. The summed E-state index contributed by atoms with van der Waals surface area (Å²) in [6.45, 7) is 1.42. The van der Waals surface area contributed by atoms with Gasteiger partial charge in [0.1, 0.15) is 6.61 Å². The van der Waals surface area contributed by atoms with Crippen LogP contribution >= 0.6 is 34.3 Å². The number of halogens is 1. The lowest BCUT2D eigenvalue weighted by molar-refractivity contribution is 0.295. The normalized spacial score (nSPS) is 14.7. The van der Waals surface area contributed by atoms with Crippen LogP contribution < -0.4 is 4.74 Å². The molecular formula is C15H14IN3OS. The zero-order valence-corrected chi connectivity index (χ0v) is 14.5. The average molecular weight is 411 g/mol. The molecule has 1 aliphatic rings. The Kier molecular flexibility index (Phi) is 4.54. The third-order valence-corrected chi connectivity index (χ3v) is 5.07. The van der Waals surface area contributed by atoms with Crippen molar-refractivity contribution in [1.29, 1.82) is 0 Å². The first-order chi connectivity index (χ1) is 10.3. The molecule has 3 rings (SSSR count). The second kappa shape index (κ2) is 6.57. The molecule has 0 saturated carbocycles. The number of aromatic nitrogens is 2. The number of allylic oxidation sites excluding steroid dienone is 2. The summed E-state index contributed by atoms with van der Waals surface area (Å²) in [7, 11) is 2.07. The molecule has 21 heavy (non-hydrogen) atoms. The third kappa shape index (κ3) is 3.26. The van der Waals surface area contributed by atoms with E-state index in [1.54, 1.807) is 0 Å². The summed E-state index contributed by atoms with van der Waals surface area (Å²) in [5, 5.41) is 0. The molecule has 0 fully saturated rings. The monoisotopic (exact) mass is 411 g/mol. The van der Waals surface area contributed by atoms with Crippen molar-refractivity contribution < 1.29 is 4.74 Å². The Balaban J connectivity index is 1.81. The van der Waals surface area contributed by atoms with Crippen LogP contribution in [-0.4, -0.2) is 27.2 Å². The van der Waals surface area contributed by atoms with Crippen molar-refractivity contribution in [3.63, 3.8) is 0 Å². The lowest BCUT2D eigenvalue weighted by Crippen LogP contribution is -2.18. The summed E-state index contributed by atoms with van der Waals surface area (Å²) in [6, 6.07) is 10.1. The standard InChI is InChI=1S/C15H14IN3OS/c1-19-9-5-8-12(14(19)16)13-15(18-21-17-13)20-10-11-6-3-2-4-7-11/h2-8H,9-10H2,1H3. The molecule has 6 heteroatoms. The summed E-state index contributed by atoms with van der Waals surface area (Å²) in [6.07, 6.45) is 4.21. The van der Waals surface area contributed by atoms with Crippen LogP contribution in [0.1, 0.15) is 11.3 Å². The van der Waals surface area contributed by atoms with Crippen molar-refractivity contribution in [3.05, 3.63) is 57.4 Å². The Morgan fingerprint density at radius 1 is 1.29 bits per heavy atom. The summed E-state index contributed by atoms with van der Waals surface area (Å²) >= 11 is 3.52. The minimum Gasteiger partial charge on any atom is -0.471 e. The molecule has 0 saturated heterocycles. The smallest absolute Gasteiger partial charge is 0.254 e. The van der Waals surface area contributed by atoms with E-state index in [2.05, 4.69) is 55.4 Å². The van der Waals surface area contributed by atoms with Crippen molar-refractivity contribution in [3.8, 4) is 5.88 Å². The molecule has 1 aliphatic heterocycles. The Bertz CT molecular complexity index is 681. The third-order valence-electron chi connectivity index (χ3n) is 3.15. The number of nitrogens with zero attached hydrogens (tertiary/aromatic N) is 3. The van der Waals surface area contributed by atoms with Crippen LogP contribution in [0.25, 0.3) is 5.57 Å². The van der Waals surface area contributed by atoms with Gasteiger partial charge in [-0.05, 0) is 28.2 Å². The van der Waals surface area contributed by atoms with Gasteiger partial charge < -0.3 is 9.64 Å². The molecular weight excluding hydrogens is 397 g/mol. The highest BCUT2D eigenvalue weighted by atomic mass is 127. The first-order valence-electron chi connectivity index (χ1n) is 6.53. The number of rotatable bonds is 4. The van der Waals surface area contributed by atoms with Crippen molar-refractivity contribution >= 4 is 39.9 Å². The summed E-state index contributed by atoms with van der Waals surface area (Å²) in [5.74, 6) is 0.605. The van der Waals surface area contributed by atoms with Gasteiger partial charge in [0.25, 0.3) is 5.88 Å². The van der Waals surface area contributed by atoms with E-state index in [-0.39, 0.29) is 0 Å². The van der Waals surface area contributed by atoms with Gasteiger partial charge in [0, 0.05) is 19.2 Å². The molecule has 2 aromatic rings. The predicted octanol–water partition coefficient (Wildman–Crippen LogP) is 3.72. The zero-order valence-electron chi connectivity index (χ0n) is 11.5. The number of benzene rings is 1. The molecule has 2 heterocycles. The van der Waals surface area contributed by atoms with E-state index in [0.29, 0.717) is 12.5 Å². The van der Waals surface area contributed by atoms with Crippen LogP contribution in [0.5, 0.6) is 5.88 Å². The van der Waals surface area contributed by atoms with Crippen molar-refractivity contribution in [1.82, 2.24) is 13.6 Å². The second-order valence-electron chi connectivity index (χ2n) is 4.68. The Labute approximate surface area is 141 Å². The van der Waals surface area contributed by atoms with Gasteiger partial charge in [-0.15, -0.1) is 4.37 Å². The van der Waals surface area contributed by atoms with Crippen LogP contribution in [0.15, 0.2) is 46.2 Å². The average Bonchev–Trinajstić information content (AvgIpc) is 2.97. The molecule has 0 amide bonds. The fraction of sp³-hybridized carbons (Fsp3) is 0.200. The number of hydrogen-bond donors (Lipinski definition) is 0. The molecule has 0 spiro atoms. The van der Waals surface area contributed by atoms with E-state index in [0.717, 1.165) is 27.1 Å². The molecule has 0 radical (unpaired) electrons. The van der Waals surface area contributed by atoms with Crippen LogP contribution in [-0.2, 0) is 6.61 Å². The van der Waals surface area contributed by atoms with Crippen LogP contribution in [0.4, 0.5) is 0 Å². The largest absolute Gasteiger partial charge is 0.471 e. The van der Waals surface area contributed by atoms with E-state index in [9.17, 15) is 0 Å². The fourth-order valence-electron chi connectivity index (χ4n) is 2.03. The fourth-order valence-corrected chi connectivity index (χ4v) is 3.17. The van der Waals surface area contributed by atoms with Gasteiger partial charge in [-0.1, -0.05) is 42.5 Å². The summed E-state index contributed by atoms with van der Waals surface area (Å²) < 4.78 is 15.7. The number of hydrogen-bond acceptors (Lipinski definition) is 5. The molecule has 0 atom stereocenters. The molecule has 1 aromatic heterocycles. The van der Waals surface area contributed by atoms with Gasteiger partial charge in [-0.3, -0.25) is 0 Å². The number of likely N-dealkylation sites (N-methyl/N-ethyl adjacent to an activating group) is 1. The highest BCUT2D eigenvalue weighted by molar-refractivity contribution is 14.1. The quantitative estimate of drug-likeness (QED) is 0.568. The molecule has 108 valence electrons. The highest BCUT2D eigenvalue weighted by Gasteiger charge is 2.19. The Hall–Kier alpha value is -1.41. The van der Waals surface area contributed by atoms with Crippen LogP contribution in [0, 0.1) is 0 Å². The van der Waals surface area contributed by atoms with Gasteiger partial charge in [-0.2, -0.15) is 4.37 Å². The maximum Gasteiger partial charge on any atom is 0.254 e. The Morgan fingerprint density at radius 3 is 2.90 bits per heavy atom. The summed E-state index contributed by atoms with van der Waals surface area (Å²) in [5.41, 5.74) is 3.01. The molecule has 0 aliphatic carbocycles. The van der Waals surface area contributed by atoms with E-state index in [1.165, 1.54) is 11.7 Å². The maximum absolute atomic E-state index is 5.85. The van der Waals surface area contributed by atoms with E-state index >= 15 is 0 Å². The van der Waals surface area contributed by atoms with Crippen LogP contribution in [0.3, 0.4) is 0 Å². The van der Waals surface area contributed by atoms with Gasteiger partial charge in [0.15, 0.2) is 5.69 Å². The maximum atomic E-state index is 5.85. The van der Waals surface area contributed by atoms with Gasteiger partial charge in [-0.25, -0.2) is 0 Å². The topological polar surface area (TPSA) is 38.2 Å². The molecule has 1 aromatic carbocycles. The van der Waals surface area contributed by atoms with Crippen LogP contribution in [0.2, 0.25) is 0 Å². The van der Waals surface area contributed by atoms with Gasteiger partial charge >= 0.3 is 0 Å². The van der Waals surface area contributed by atoms with Crippen molar-refractivity contribution in [2.24, 2.45) is 0 Å². The van der Waals surface area contributed by atoms with Crippen molar-refractivity contribution in [2.45, 2.75) is 6.61 Å². The lowest BCUT2D eigenvalue weighted by atomic mass is 10.1. The SMILES string of the molecule is CN1CC=CC(c2nsnc2OCc2ccccc2)=C1I. The Morgan fingerprint density at radius 2 is 2.10 bits per heavy atom. The van der Waals surface area contributed by atoms with E-state index in [1.807, 2.05) is 30.3 Å². The molecule has 0 unspecified atom stereocenters. The minimum atomic E-state index is 0.503. The molecule has 4 nitrogen and oxygen atoms in total. The highest BCUT2D eigenvalue weighted by Crippen LogP contribution is 2.33. The molecule has 0 N–H and O–H groups in total.